The summed E-state index contributed by atoms with van der Waals surface area (Å²) in [5, 5.41) is 2.43. The second-order valence-corrected chi connectivity index (χ2v) is 11.1. The third-order valence-electron chi connectivity index (χ3n) is 6.83. The van der Waals surface area contributed by atoms with E-state index in [2.05, 4.69) is 10.2 Å². The van der Waals surface area contributed by atoms with Gasteiger partial charge in [0.2, 0.25) is 5.91 Å². The van der Waals surface area contributed by atoms with Crippen LogP contribution in [0.4, 0.5) is 5.69 Å². The molecular formula is C28H27N3O3S2. The molecule has 3 heterocycles. The standard InChI is InChI=1S/C28H27N3O3S2/c1-18(32)21-9-5-10-23(14-21)29-27(34)26(20-7-3-2-4-8-20)36-28(35)30-15-19-13-22(17-30)24-11-6-12-25(33)31(24)16-19/h2-12,14,19,22,26H,13,15-17H2,1H3,(H,29,34)/t19-,22+,26-/m1/s1. The summed E-state index contributed by atoms with van der Waals surface area (Å²) in [4.78, 5) is 39.8. The molecule has 1 N–H and O–H groups in total. The first-order valence-electron chi connectivity index (χ1n) is 12.0. The number of amides is 1. The molecule has 3 atom stereocenters. The summed E-state index contributed by atoms with van der Waals surface area (Å²) in [5.41, 5.74) is 3.11. The number of carbonyl (C=O) groups is 2. The lowest BCUT2D eigenvalue weighted by Crippen LogP contribution is -2.48. The molecule has 2 bridgehead atoms. The van der Waals surface area contributed by atoms with E-state index >= 15 is 0 Å². The maximum Gasteiger partial charge on any atom is 0.250 e. The summed E-state index contributed by atoms with van der Waals surface area (Å²) in [6.07, 6.45) is 1.04. The molecular weight excluding hydrogens is 490 g/mol. The van der Waals surface area contributed by atoms with Crippen LogP contribution in [-0.2, 0) is 11.3 Å². The molecule has 2 aliphatic rings. The molecule has 2 aliphatic heterocycles. The van der Waals surface area contributed by atoms with Crippen LogP contribution in [-0.4, -0.2) is 38.6 Å². The van der Waals surface area contributed by atoms with Crippen LogP contribution in [0.3, 0.4) is 0 Å². The van der Waals surface area contributed by atoms with Crippen LogP contribution in [0, 0.1) is 5.92 Å². The van der Waals surface area contributed by atoms with Crippen LogP contribution in [0.5, 0.6) is 0 Å². The maximum atomic E-state index is 13.5. The Morgan fingerprint density at radius 1 is 1.00 bits per heavy atom. The average Bonchev–Trinajstić information content (AvgIpc) is 2.88. The van der Waals surface area contributed by atoms with Gasteiger partial charge in [0.05, 0.1) is 0 Å². The first-order chi connectivity index (χ1) is 17.4. The number of fused-ring (bicyclic) bond motifs is 4. The third kappa shape index (κ3) is 5.15. The fraction of sp³-hybridized carbons (Fsp3) is 0.286. The molecule has 36 heavy (non-hydrogen) atoms. The molecule has 3 aromatic rings. The number of nitrogens with one attached hydrogen (secondary N) is 1. The lowest BCUT2D eigenvalue weighted by Gasteiger charge is -2.43. The van der Waals surface area contributed by atoms with Crippen LogP contribution < -0.4 is 10.9 Å². The summed E-state index contributed by atoms with van der Waals surface area (Å²) in [6, 6.07) is 22.1. The van der Waals surface area contributed by atoms with Gasteiger partial charge in [0.25, 0.3) is 5.56 Å². The molecule has 1 saturated heterocycles. The van der Waals surface area contributed by atoms with Crippen molar-refractivity contribution in [3.8, 4) is 0 Å². The van der Waals surface area contributed by atoms with Gasteiger partial charge in [-0.05, 0) is 43.0 Å². The Morgan fingerprint density at radius 2 is 1.78 bits per heavy atom. The first kappa shape index (κ1) is 24.5. The van der Waals surface area contributed by atoms with E-state index in [1.54, 1.807) is 30.3 Å². The van der Waals surface area contributed by atoms with Crippen molar-refractivity contribution < 1.29 is 9.59 Å². The van der Waals surface area contributed by atoms with Crippen molar-refractivity contribution in [3.63, 3.8) is 0 Å². The van der Waals surface area contributed by atoms with E-state index < -0.39 is 5.25 Å². The molecule has 0 spiro atoms. The van der Waals surface area contributed by atoms with E-state index in [9.17, 15) is 14.4 Å². The number of carbonyl (C=O) groups excluding carboxylic acids is 2. The summed E-state index contributed by atoms with van der Waals surface area (Å²) in [7, 11) is 0. The molecule has 6 nitrogen and oxygen atoms in total. The smallest absolute Gasteiger partial charge is 0.250 e. The van der Waals surface area contributed by atoms with Crippen LogP contribution in [0.25, 0.3) is 0 Å². The second-order valence-electron chi connectivity index (χ2n) is 9.40. The SMILES string of the molecule is CC(=O)c1cccc(NC(=O)[C@H](SC(=S)N2C[C@H]3C[C@@H](C2)c2cccc(=O)n2C3)c2ccccc2)c1. The third-order valence-corrected chi connectivity index (χ3v) is 8.56. The molecule has 1 amide bonds. The Morgan fingerprint density at radius 3 is 2.56 bits per heavy atom. The van der Waals surface area contributed by atoms with E-state index in [0.717, 1.165) is 30.8 Å². The normalized spacial score (nSPS) is 19.2. The van der Waals surface area contributed by atoms with Crippen molar-refractivity contribution in [2.24, 2.45) is 5.92 Å². The van der Waals surface area contributed by atoms with Gasteiger partial charge in [-0.15, -0.1) is 0 Å². The van der Waals surface area contributed by atoms with Crippen LogP contribution in [0.15, 0.2) is 77.6 Å². The Hall–Kier alpha value is -3.23. The van der Waals surface area contributed by atoms with E-state index in [-0.39, 0.29) is 23.2 Å². The first-order valence-corrected chi connectivity index (χ1v) is 13.3. The fourth-order valence-electron chi connectivity index (χ4n) is 5.15. The summed E-state index contributed by atoms with van der Waals surface area (Å²) in [6.45, 7) is 3.71. The Labute approximate surface area is 219 Å². The number of likely N-dealkylation sites (tertiary alicyclic amines) is 1. The van der Waals surface area contributed by atoms with Gasteiger partial charge in [-0.3, -0.25) is 14.4 Å². The number of thioether (sulfide) groups is 1. The Balaban J connectivity index is 1.35. The summed E-state index contributed by atoms with van der Waals surface area (Å²) in [5.74, 6) is 0.334. The topological polar surface area (TPSA) is 71.4 Å². The van der Waals surface area contributed by atoms with Crippen LogP contribution in [0.2, 0.25) is 0 Å². The molecule has 184 valence electrons. The zero-order valence-corrected chi connectivity index (χ0v) is 21.6. The highest BCUT2D eigenvalue weighted by molar-refractivity contribution is 8.23. The molecule has 0 aliphatic carbocycles. The van der Waals surface area contributed by atoms with Gasteiger partial charge in [-0.2, -0.15) is 0 Å². The Kier molecular flexibility index (Phi) is 7.07. The number of rotatable bonds is 5. The molecule has 8 heteroatoms. The van der Waals surface area contributed by atoms with E-state index in [0.29, 0.717) is 28.0 Å². The van der Waals surface area contributed by atoms with Gasteiger partial charge in [-0.1, -0.05) is 72.5 Å². The van der Waals surface area contributed by atoms with Crippen molar-refractivity contribution in [3.05, 3.63) is 100.0 Å². The number of hydrogen-bond donors (Lipinski definition) is 1. The Bertz CT molecular complexity index is 1370. The molecule has 0 unspecified atom stereocenters. The van der Waals surface area contributed by atoms with Crippen molar-refractivity contribution in [1.82, 2.24) is 9.47 Å². The fourth-order valence-corrected chi connectivity index (χ4v) is 6.54. The molecule has 1 aromatic heterocycles. The number of aromatic nitrogens is 1. The van der Waals surface area contributed by atoms with Gasteiger partial charge < -0.3 is 14.8 Å². The monoisotopic (exact) mass is 517 g/mol. The quantitative estimate of drug-likeness (QED) is 0.385. The van der Waals surface area contributed by atoms with Crippen molar-refractivity contribution >= 4 is 45.7 Å². The summed E-state index contributed by atoms with van der Waals surface area (Å²) >= 11 is 7.26. The molecule has 5 rings (SSSR count). The second kappa shape index (κ2) is 10.4. The number of Topliss-reactive ketones (excluding diaryl/α,β-unsaturated/α-hetero) is 1. The number of benzene rings is 2. The van der Waals surface area contributed by atoms with Gasteiger partial charge in [0.1, 0.15) is 9.57 Å². The number of anilines is 1. The van der Waals surface area contributed by atoms with Gasteiger partial charge in [0.15, 0.2) is 5.78 Å². The maximum absolute atomic E-state index is 13.5. The lowest BCUT2D eigenvalue weighted by molar-refractivity contribution is -0.115. The van der Waals surface area contributed by atoms with Crippen molar-refractivity contribution in [2.75, 3.05) is 18.4 Å². The predicted molar refractivity (Wildman–Crippen MR) is 148 cm³/mol. The highest BCUT2D eigenvalue weighted by Crippen LogP contribution is 2.39. The van der Waals surface area contributed by atoms with Gasteiger partial charge in [-0.25, -0.2) is 0 Å². The number of thiocarbonyl (C=S) groups is 1. The minimum atomic E-state index is -0.545. The number of pyridine rings is 1. The largest absolute Gasteiger partial charge is 0.356 e. The van der Waals surface area contributed by atoms with E-state index in [4.69, 9.17) is 12.2 Å². The van der Waals surface area contributed by atoms with E-state index in [1.807, 2.05) is 47.0 Å². The average molecular weight is 518 g/mol. The van der Waals surface area contributed by atoms with Crippen LogP contribution >= 0.6 is 24.0 Å². The van der Waals surface area contributed by atoms with E-state index in [1.165, 1.54) is 18.7 Å². The zero-order valence-electron chi connectivity index (χ0n) is 19.9. The van der Waals surface area contributed by atoms with Crippen LogP contribution in [0.1, 0.15) is 46.1 Å². The summed E-state index contributed by atoms with van der Waals surface area (Å²) < 4.78 is 2.58. The molecule has 0 radical (unpaired) electrons. The number of ketones is 1. The van der Waals surface area contributed by atoms with Gasteiger partial charge >= 0.3 is 0 Å². The highest BCUT2D eigenvalue weighted by atomic mass is 32.2. The van der Waals surface area contributed by atoms with Crippen molar-refractivity contribution in [2.45, 2.75) is 31.1 Å². The molecule has 2 aromatic carbocycles. The lowest BCUT2D eigenvalue weighted by atomic mass is 9.83. The number of nitrogens with zero attached hydrogens (tertiary/aromatic N) is 2. The minimum Gasteiger partial charge on any atom is -0.356 e. The minimum absolute atomic E-state index is 0.0549. The number of hydrogen-bond acceptors (Lipinski definition) is 5. The highest BCUT2D eigenvalue weighted by Gasteiger charge is 2.36. The molecule has 1 fully saturated rings. The van der Waals surface area contributed by atoms with Gasteiger partial charge in [0, 0.05) is 48.6 Å². The predicted octanol–water partition coefficient (Wildman–Crippen LogP) is 4.87. The van der Waals surface area contributed by atoms with Crippen molar-refractivity contribution in [1.29, 1.82) is 0 Å². The zero-order chi connectivity index (χ0) is 25.2. The molecule has 0 saturated carbocycles. The number of piperidine rings is 1.